The number of halogens is 3. The summed E-state index contributed by atoms with van der Waals surface area (Å²) in [5.41, 5.74) is 3.30. The van der Waals surface area contributed by atoms with Gasteiger partial charge in [-0.2, -0.15) is 13.2 Å². The number of thiazole rings is 1. The van der Waals surface area contributed by atoms with E-state index in [4.69, 9.17) is 10.1 Å². The van der Waals surface area contributed by atoms with Gasteiger partial charge in [0, 0.05) is 33.4 Å². The van der Waals surface area contributed by atoms with Crippen LogP contribution in [-0.4, -0.2) is 21.8 Å². The molecule has 3 aromatic rings. The molecule has 0 radical (unpaired) electrons. The van der Waals surface area contributed by atoms with E-state index in [9.17, 15) is 18.0 Å². The fourth-order valence-corrected chi connectivity index (χ4v) is 6.18. The van der Waals surface area contributed by atoms with Crippen LogP contribution in [0.15, 0.2) is 47.4 Å². The maximum absolute atomic E-state index is 12.8. The molecule has 0 saturated heterocycles. The molecular weight excluding hydrogens is 455 g/mol. The zero-order chi connectivity index (χ0) is 22.9. The first-order valence-electron chi connectivity index (χ1n) is 10.3. The summed E-state index contributed by atoms with van der Waals surface area (Å²) in [6.45, 7) is 2.01. The second-order valence-corrected chi connectivity index (χ2v) is 10.1. The number of alkyl halides is 3. The number of nitrogens with zero attached hydrogens (tertiary/aromatic N) is 1. The van der Waals surface area contributed by atoms with Crippen molar-refractivity contribution in [3.05, 3.63) is 69.7 Å². The summed E-state index contributed by atoms with van der Waals surface area (Å²) in [6.07, 6.45) is -1.69. The van der Waals surface area contributed by atoms with Crippen molar-refractivity contribution in [2.24, 2.45) is 0 Å². The number of hydrogen-bond donors (Lipinski definition) is 1. The first kappa shape index (κ1) is 22.9. The van der Waals surface area contributed by atoms with Crippen molar-refractivity contribution in [3.63, 3.8) is 0 Å². The van der Waals surface area contributed by atoms with Crippen LogP contribution in [0.4, 0.5) is 13.2 Å². The third-order valence-corrected chi connectivity index (χ3v) is 8.00. The Balaban J connectivity index is 1.41. The van der Waals surface area contributed by atoms with Gasteiger partial charge in [-0.15, -0.1) is 23.1 Å². The highest BCUT2D eigenvalue weighted by Crippen LogP contribution is 2.42. The Labute approximate surface area is 192 Å². The van der Waals surface area contributed by atoms with E-state index >= 15 is 0 Å². The van der Waals surface area contributed by atoms with Crippen LogP contribution in [0.3, 0.4) is 0 Å². The predicted octanol–water partition coefficient (Wildman–Crippen LogP) is 6.98. The molecule has 0 spiro atoms. The monoisotopic (exact) mass is 477 g/mol. The van der Waals surface area contributed by atoms with Crippen molar-refractivity contribution in [3.8, 4) is 10.6 Å². The smallest absolute Gasteiger partial charge is 0.416 e. The lowest BCUT2D eigenvalue weighted by atomic mass is 10.0. The van der Waals surface area contributed by atoms with E-state index in [1.165, 1.54) is 17.0 Å². The molecule has 1 heterocycles. The van der Waals surface area contributed by atoms with Crippen molar-refractivity contribution in [2.45, 2.75) is 49.6 Å². The second kappa shape index (κ2) is 9.27. The Morgan fingerprint density at radius 2 is 1.97 bits per heavy atom. The van der Waals surface area contributed by atoms with E-state index < -0.39 is 17.7 Å². The van der Waals surface area contributed by atoms with Crippen LogP contribution in [0.5, 0.6) is 0 Å². The first-order chi connectivity index (χ1) is 15.2. The molecule has 0 fully saturated rings. The van der Waals surface area contributed by atoms with E-state index in [2.05, 4.69) is 6.07 Å². The van der Waals surface area contributed by atoms with Crippen LogP contribution in [0.25, 0.3) is 10.6 Å². The van der Waals surface area contributed by atoms with Crippen molar-refractivity contribution in [2.75, 3.05) is 5.75 Å². The SMILES string of the molecule is Cc1cc(SCC2CCc3sc(-c4ccc(C(F)(F)F)cc4)nc32)ccc1CCC(=O)O. The number of aliphatic carboxylic acids is 1. The zero-order valence-corrected chi connectivity index (χ0v) is 19.0. The number of benzene rings is 2. The van der Waals surface area contributed by atoms with Gasteiger partial charge in [-0.25, -0.2) is 4.98 Å². The molecule has 1 unspecified atom stereocenters. The zero-order valence-electron chi connectivity index (χ0n) is 17.4. The van der Waals surface area contributed by atoms with Crippen LogP contribution < -0.4 is 0 Å². The van der Waals surface area contributed by atoms with Crippen molar-refractivity contribution < 1.29 is 23.1 Å². The third kappa shape index (κ3) is 5.18. The molecule has 32 heavy (non-hydrogen) atoms. The lowest BCUT2D eigenvalue weighted by Crippen LogP contribution is -2.04. The molecule has 0 saturated carbocycles. The van der Waals surface area contributed by atoms with Gasteiger partial charge < -0.3 is 5.11 Å². The number of aromatic nitrogens is 1. The van der Waals surface area contributed by atoms with Gasteiger partial charge in [0.1, 0.15) is 5.01 Å². The quantitative estimate of drug-likeness (QED) is 0.373. The summed E-state index contributed by atoms with van der Waals surface area (Å²) < 4.78 is 38.4. The fraction of sp³-hybridized carbons (Fsp3) is 0.333. The van der Waals surface area contributed by atoms with Crippen LogP contribution in [0, 0.1) is 6.92 Å². The van der Waals surface area contributed by atoms with Crippen molar-refractivity contribution >= 4 is 29.1 Å². The third-order valence-electron chi connectivity index (χ3n) is 5.67. The molecule has 1 atom stereocenters. The number of aryl methyl sites for hydroxylation is 3. The predicted molar refractivity (Wildman–Crippen MR) is 121 cm³/mol. The van der Waals surface area contributed by atoms with E-state index in [1.807, 2.05) is 19.1 Å². The van der Waals surface area contributed by atoms with E-state index in [-0.39, 0.29) is 6.42 Å². The summed E-state index contributed by atoms with van der Waals surface area (Å²) in [5, 5.41) is 9.65. The van der Waals surface area contributed by atoms with E-state index in [0.717, 1.165) is 63.0 Å². The van der Waals surface area contributed by atoms with Crippen molar-refractivity contribution in [1.29, 1.82) is 0 Å². The second-order valence-electron chi connectivity index (χ2n) is 7.93. The molecule has 2 aromatic carbocycles. The van der Waals surface area contributed by atoms with Crippen LogP contribution in [0.2, 0.25) is 0 Å². The Hall–Kier alpha value is -2.32. The maximum atomic E-state index is 12.8. The number of fused-ring (bicyclic) bond motifs is 1. The summed E-state index contributed by atoms with van der Waals surface area (Å²) in [7, 11) is 0. The molecule has 1 aromatic heterocycles. The Morgan fingerprint density at radius 1 is 1.22 bits per heavy atom. The van der Waals surface area contributed by atoms with Crippen molar-refractivity contribution in [1.82, 2.24) is 4.98 Å². The Bertz CT molecular complexity index is 1120. The van der Waals surface area contributed by atoms with Gasteiger partial charge in [0.25, 0.3) is 0 Å². The highest BCUT2D eigenvalue weighted by Gasteiger charge is 2.31. The van der Waals surface area contributed by atoms with Gasteiger partial charge in [-0.1, -0.05) is 18.2 Å². The standard InChI is InChI=1S/C24H22F3NO2S2/c1-14-12-19(9-4-15(14)6-11-21(29)30)31-13-17-5-10-20-22(17)28-23(32-20)16-2-7-18(8-3-16)24(25,26)27/h2-4,7-9,12,17H,5-6,10-11,13H2,1H3,(H,29,30). The molecule has 0 bridgehead atoms. The van der Waals surface area contributed by atoms with Crippen LogP contribution in [0.1, 0.15) is 46.0 Å². The minimum absolute atomic E-state index is 0.128. The largest absolute Gasteiger partial charge is 0.481 e. The lowest BCUT2D eigenvalue weighted by Gasteiger charge is -2.11. The van der Waals surface area contributed by atoms with E-state index in [1.54, 1.807) is 23.1 Å². The fourth-order valence-electron chi connectivity index (χ4n) is 3.87. The average molecular weight is 478 g/mol. The molecule has 0 amide bonds. The number of carboxylic acid groups (broad SMARTS) is 1. The Kier molecular flexibility index (Phi) is 6.62. The molecule has 4 rings (SSSR count). The molecular formula is C24H22F3NO2S2. The molecule has 168 valence electrons. The van der Waals surface area contributed by atoms with Gasteiger partial charge >= 0.3 is 12.1 Å². The maximum Gasteiger partial charge on any atom is 0.416 e. The molecule has 1 aliphatic rings. The topological polar surface area (TPSA) is 50.2 Å². The lowest BCUT2D eigenvalue weighted by molar-refractivity contribution is -0.138. The van der Waals surface area contributed by atoms with Crippen LogP contribution >= 0.6 is 23.1 Å². The summed E-state index contributed by atoms with van der Waals surface area (Å²) in [5.74, 6) is 0.414. The Morgan fingerprint density at radius 3 is 2.62 bits per heavy atom. The van der Waals surface area contributed by atoms with Crippen LogP contribution in [-0.2, 0) is 23.8 Å². The molecule has 1 aliphatic carbocycles. The summed E-state index contributed by atoms with van der Waals surface area (Å²) in [4.78, 5) is 18.0. The normalized spacial score (nSPS) is 15.7. The molecule has 3 nitrogen and oxygen atoms in total. The highest BCUT2D eigenvalue weighted by atomic mass is 32.2. The number of carbonyl (C=O) groups is 1. The number of thioether (sulfide) groups is 1. The number of rotatable bonds is 7. The number of hydrogen-bond acceptors (Lipinski definition) is 4. The number of carboxylic acids is 1. The van der Waals surface area contributed by atoms with Gasteiger partial charge in [0.2, 0.25) is 0 Å². The average Bonchev–Trinajstić information content (AvgIpc) is 3.32. The van der Waals surface area contributed by atoms with Gasteiger partial charge in [0.15, 0.2) is 0 Å². The van der Waals surface area contributed by atoms with E-state index in [0.29, 0.717) is 12.3 Å². The summed E-state index contributed by atoms with van der Waals surface area (Å²) >= 11 is 3.34. The van der Waals surface area contributed by atoms with Gasteiger partial charge in [0.05, 0.1) is 11.3 Å². The van der Waals surface area contributed by atoms with Gasteiger partial charge in [-0.3, -0.25) is 4.79 Å². The highest BCUT2D eigenvalue weighted by molar-refractivity contribution is 7.99. The molecule has 1 N–H and O–H groups in total. The summed E-state index contributed by atoms with van der Waals surface area (Å²) in [6, 6.07) is 11.4. The minimum Gasteiger partial charge on any atom is -0.481 e. The molecule has 8 heteroatoms. The first-order valence-corrected chi connectivity index (χ1v) is 12.1. The molecule has 0 aliphatic heterocycles. The van der Waals surface area contributed by atoms with Gasteiger partial charge in [-0.05, 0) is 61.6 Å². The minimum atomic E-state index is -4.34.